The summed E-state index contributed by atoms with van der Waals surface area (Å²) in [6, 6.07) is 12.8. The number of hydrogen-bond donors (Lipinski definition) is 2. The molecule has 7 nitrogen and oxygen atoms in total. The van der Waals surface area contributed by atoms with Crippen LogP contribution in [0.2, 0.25) is 5.02 Å². The molecule has 2 heterocycles. The molecule has 8 heteroatoms. The number of imidazole rings is 1. The smallest absolute Gasteiger partial charge is 0.268 e. The molecule has 154 valence electrons. The first-order valence-corrected chi connectivity index (χ1v) is 9.97. The molecule has 0 aliphatic carbocycles. The van der Waals surface area contributed by atoms with Gasteiger partial charge < -0.3 is 19.8 Å². The minimum absolute atomic E-state index is 0.184. The van der Waals surface area contributed by atoms with E-state index < -0.39 is 12.0 Å². The topological polar surface area (TPSA) is 107 Å². The Morgan fingerprint density at radius 3 is 2.77 bits per heavy atom. The number of primary amides is 1. The first-order chi connectivity index (χ1) is 14.4. The van der Waals surface area contributed by atoms with E-state index >= 15 is 0 Å². The van der Waals surface area contributed by atoms with Crippen molar-refractivity contribution in [2.45, 2.75) is 31.9 Å². The van der Waals surface area contributed by atoms with Crippen LogP contribution in [0.25, 0.3) is 22.6 Å². The second-order valence-corrected chi connectivity index (χ2v) is 7.67. The number of oxazole rings is 1. The van der Waals surface area contributed by atoms with Crippen molar-refractivity contribution in [1.29, 1.82) is 0 Å². The molecule has 0 bridgehead atoms. The highest BCUT2D eigenvalue weighted by atomic mass is 35.5. The lowest BCUT2D eigenvalue weighted by molar-refractivity contribution is 0.0996. The maximum Gasteiger partial charge on any atom is 0.268 e. The van der Waals surface area contributed by atoms with E-state index in [0.29, 0.717) is 34.9 Å². The highest BCUT2D eigenvalue weighted by Crippen LogP contribution is 2.33. The summed E-state index contributed by atoms with van der Waals surface area (Å²) in [5.74, 6) is -0.122. The molecule has 0 fully saturated rings. The van der Waals surface area contributed by atoms with Crippen molar-refractivity contribution in [3.63, 3.8) is 0 Å². The zero-order chi connectivity index (χ0) is 21.3. The number of rotatable bonds is 7. The van der Waals surface area contributed by atoms with Gasteiger partial charge in [0.25, 0.3) is 5.91 Å². The summed E-state index contributed by atoms with van der Waals surface area (Å²) < 4.78 is 7.81. The molecule has 3 N–H and O–H groups in total. The van der Waals surface area contributed by atoms with E-state index in [0.717, 1.165) is 11.1 Å². The van der Waals surface area contributed by atoms with Gasteiger partial charge in [-0.1, -0.05) is 29.8 Å². The van der Waals surface area contributed by atoms with E-state index in [9.17, 15) is 9.90 Å². The largest absolute Gasteiger partial charge is 0.436 e. The fraction of sp³-hybridized carbons (Fsp3) is 0.227. The molecule has 1 unspecified atom stereocenters. The van der Waals surface area contributed by atoms with E-state index in [4.69, 9.17) is 26.7 Å². The van der Waals surface area contributed by atoms with Crippen LogP contribution in [-0.2, 0) is 0 Å². The molecule has 4 aromatic rings. The Morgan fingerprint density at radius 1 is 1.27 bits per heavy atom. The fourth-order valence-electron chi connectivity index (χ4n) is 3.48. The van der Waals surface area contributed by atoms with Crippen molar-refractivity contribution in [3.05, 3.63) is 71.3 Å². The first-order valence-electron chi connectivity index (χ1n) is 9.59. The van der Waals surface area contributed by atoms with Gasteiger partial charge in [-0.15, -0.1) is 0 Å². The molecule has 0 saturated heterocycles. The van der Waals surface area contributed by atoms with Crippen LogP contribution in [0.5, 0.6) is 0 Å². The van der Waals surface area contributed by atoms with Gasteiger partial charge in [0.2, 0.25) is 5.89 Å². The third-order valence-electron chi connectivity index (χ3n) is 4.95. The zero-order valence-electron chi connectivity index (χ0n) is 16.3. The zero-order valence-corrected chi connectivity index (χ0v) is 17.1. The van der Waals surface area contributed by atoms with Gasteiger partial charge >= 0.3 is 0 Å². The number of para-hydroxylation sites is 1. The van der Waals surface area contributed by atoms with E-state index in [-0.39, 0.29) is 11.7 Å². The van der Waals surface area contributed by atoms with Crippen molar-refractivity contribution < 1.29 is 14.3 Å². The maximum atomic E-state index is 11.5. The normalized spacial score (nSPS) is 13.4. The number of nitrogens with zero attached hydrogens (tertiary/aromatic N) is 3. The van der Waals surface area contributed by atoms with Gasteiger partial charge in [-0.05, 0) is 44.0 Å². The van der Waals surface area contributed by atoms with Crippen molar-refractivity contribution in [3.8, 4) is 11.5 Å². The molecule has 4 rings (SSSR count). The Hall–Kier alpha value is -3.16. The van der Waals surface area contributed by atoms with Crippen LogP contribution < -0.4 is 5.73 Å². The summed E-state index contributed by atoms with van der Waals surface area (Å²) in [6.45, 7) is 1.74. The van der Waals surface area contributed by atoms with Gasteiger partial charge in [-0.3, -0.25) is 4.79 Å². The molecule has 2 aromatic carbocycles. The van der Waals surface area contributed by atoms with Crippen LogP contribution in [0.1, 0.15) is 41.9 Å². The maximum absolute atomic E-state index is 11.5. The second-order valence-electron chi connectivity index (χ2n) is 7.24. The summed E-state index contributed by atoms with van der Waals surface area (Å²) >= 11 is 6.11. The van der Waals surface area contributed by atoms with E-state index in [2.05, 4.69) is 4.98 Å². The predicted octanol–water partition coefficient (Wildman–Crippen LogP) is 4.19. The van der Waals surface area contributed by atoms with E-state index in [1.54, 1.807) is 31.6 Å². The number of amides is 1. The lowest BCUT2D eigenvalue weighted by atomic mass is 9.99. The van der Waals surface area contributed by atoms with Gasteiger partial charge in [0, 0.05) is 22.3 Å². The van der Waals surface area contributed by atoms with Gasteiger partial charge in [0.1, 0.15) is 11.2 Å². The molecule has 1 amide bonds. The lowest BCUT2D eigenvalue weighted by Gasteiger charge is -2.20. The van der Waals surface area contributed by atoms with Crippen LogP contribution in [-0.4, -0.2) is 31.7 Å². The summed E-state index contributed by atoms with van der Waals surface area (Å²) in [5, 5.41) is 10.4. The highest BCUT2D eigenvalue weighted by Gasteiger charge is 2.22. The molecule has 30 heavy (non-hydrogen) atoms. The number of aliphatic hydroxyl groups is 1. The number of carbonyl (C=O) groups is 1. The monoisotopic (exact) mass is 424 g/mol. The fourth-order valence-corrected chi connectivity index (χ4v) is 3.67. The number of fused-ring (bicyclic) bond motifs is 1. The van der Waals surface area contributed by atoms with Gasteiger partial charge in [0.15, 0.2) is 5.58 Å². The summed E-state index contributed by atoms with van der Waals surface area (Å²) in [6.07, 6.45) is 3.90. The van der Waals surface area contributed by atoms with Crippen LogP contribution in [0, 0.1) is 0 Å². The van der Waals surface area contributed by atoms with Gasteiger partial charge in [0.05, 0.1) is 18.5 Å². The third-order valence-corrected chi connectivity index (χ3v) is 5.19. The number of carbonyl (C=O) groups excluding carboxylic acids is 1. The number of nitrogens with two attached hydrogens (primary N) is 1. The van der Waals surface area contributed by atoms with E-state index in [1.165, 1.54) is 0 Å². The van der Waals surface area contributed by atoms with Crippen molar-refractivity contribution in [2.75, 3.05) is 0 Å². The Balaban J connectivity index is 1.81. The molecule has 0 spiro atoms. The Labute approximate surface area is 178 Å². The summed E-state index contributed by atoms with van der Waals surface area (Å²) in [4.78, 5) is 20.3. The molecule has 2 atom stereocenters. The molecular formula is C22H21ClN4O3. The lowest BCUT2D eigenvalue weighted by Crippen LogP contribution is -2.14. The SMILES string of the molecule is C[C@H](O)CCC(c1cccc2oc(-c3cccc(Cl)c3)nc12)n1cnc(C(N)=O)c1. The summed E-state index contributed by atoms with van der Waals surface area (Å²) in [7, 11) is 0. The van der Waals surface area contributed by atoms with Crippen LogP contribution in [0.15, 0.2) is 59.4 Å². The average Bonchev–Trinajstić information content (AvgIpc) is 3.36. The minimum atomic E-state index is -0.592. The molecule has 2 aromatic heterocycles. The Morgan fingerprint density at radius 2 is 2.07 bits per heavy atom. The van der Waals surface area contributed by atoms with E-state index in [1.807, 2.05) is 34.9 Å². The minimum Gasteiger partial charge on any atom is -0.436 e. The van der Waals surface area contributed by atoms with Gasteiger partial charge in [-0.2, -0.15) is 0 Å². The quantitative estimate of drug-likeness (QED) is 0.462. The van der Waals surface area contributed by atoms with Gasteiger partial charge in [-0.25, -0.2) is 9.97 Å². The number of aliphatic hydroxyl groups excluding tert-OH is 1. The molecule has 0 radical (unpaired) electrons. The van der Waals surface area contributed by atoms with Crippen LogP contribution >= 0.6 is 11.6 Å². The first kappa shape index (κ1) is 20.1. The molecule has 0 aliphatic heterocycles. The average molecular weight is 425 g/mol. The molecule has 0 saturated carbocycles. The van der Waals surface area contributed by atoms with Crippen molar-refractivity contribution in [1.82, 2.24) is 14.5 Å². The highest BCUT2D eigenvalue weighted by molar-refractivity contribution is 6.30. The standard InChI is InChI=1S/C22H21ClN4O3/c1-13(28)8-9-18(27-11-17(21(24)29)25-12-27)16-6-3-7-19-20(16)26-22(30-19)14-4-2-5-15(23)10-14/h2-7,10-13,18,28H,8-9H2,1H3,(H2,24,29)/t13-,18?/m0/s1. The molecular weight excluding hydrogens is 404 g/mol. The number of hydrogen-bond acceptors (Lipinski definition) is 5. The number of halogens is 1. The molecule has 0 aliphatic rings. The van der Waals surface area contributed by atoms with Crippen LogP contribution in [0.3, 0.4) is 0 Å². The van der Waals surface area contributed by atoms with Crippen molar-refractivity contribution >= 4 is 28.6 Å². The Kier molecular flexibility index (Phi) is 5.57. The second kappa shape index (κ2) is 8.30. The Bertz CT molecular complexity index is 1200. The van der Waals surface area contributed by atoms with Crippen LogP contribution in [0.4, 0.5) is 0 Å². The third kappa shape index (κ3) is 4.08. The number of benzene rings is 2. The number of aromatic nitrogens is 3. The predicted molar refractivity (Wildman–Crippen MR) is 114 cm³/mol. The summed E-state index contributed by atoms with van der Waals surface area (Å²) in [5.41, 5.74) is 8.58. The van der Waals surface area contributed by atoms with Crippen molar-refractivity contribution in [2.24, 2.45) is 5.73 Å².